The normalized spacial score (nSPS) is 10.1. The largest absolute Gasteiger partial charge is 0.383 e. The summed E-state index contributed by atoms with van der Waals surface area (Å²) < 4.78 is 26.6. The molecule has 0 saturated heterocycles. The summed E-state index contributed by atoms with van der Waals surface area (Å²) in [4.78, 5) is 10.9. The molecule has 0 atom stereocenters. The summed E-state index contributed by atoms with van der Waals surface area (Å²) in [6, 6.07) is 2.15. The Balaban J connectivity index is 2.47. The van der Waals surface area contributed by atoms with Gasteiger partial charge in [0.2, 0.25) is 5.91 Å². The highest BCUT2D eigenvalue weighted by molar-refractivity contribution is 9.10. The summed E-state index contributed by atoms with van der Waals surface area (Å²) >= 11 is 2.89. The minimum Gasteiger partial charge on any atom is -0.383 e. The summed E-state index contributed by atoms with van der Waals surface area (Å²) in [5.41, 5.74) is 0.0996. The highest BCUT2D eigenvalue weighted by Crippen LogP contribution is 2.23. The lowest BCUT2D eigenvalue weighted by molar-refractivity contribution is -0.120. The van der Waals surface area contributed by atoms with E-state index >= 15 is 0 Å². The van der Waals surface area contributed by atoms with E-state index in [4.69, 9.17) is 0 Å². The molecule has 17 heavy (non-hydrogen) atoms. The van der Waals surface area contributed by atoms with Gasteiger partial charge in [-0.2, -0.15) is 0 Å². The molecule has 94 valence electrons. The van der Waals surface area contributed by atoms with Gasteiger partial charge in [-0.05, 0) is 28.4 Å². The van der Waals surface area contributed by atoms with Crippen LogP contribution in [-0.2, 0) is 4.79 Å². The zero-order chi connectivity index (χ0) is 12.8. The average Bonchev–Trinajstić information content (AvgIpc) is 2.30. The van der Waals surface area contributed by atoms with Gasteiger partial charge in [-0.25, -0.2) is 8.78 Å². The predicted molar refractivity (Wildman–Crippen MR) is 65.8 cm³/mol. The van der Waals surface area contributed by atoms with Crippen LogP contribution in [0.15, 0.2) is 16.6 Å². The molecule has 0 aliphatic rings. The Hall–Kier alpha value is -1.17. The van der Waals surface area contributed by atoms with Gasteiger partial charge in [0.1, 0.15) is 11.6 Å². The molecular formula is C11H13BrF2N2O. The molecule has 0 spiro atoms. The van der Waals surface area contributed by atoms with Crippen molar-refractivity contribution in [3.63, 3.8) is 0 Å². The Kier molecular flexibility index (Phi) is 5.34. The van der Waals surface area contributed by atoms with Crippen molar-refractivity contribution in [2.45, 2.75) is 12.8 Å². The van der Waals surface area contributed by atoms with Gasteiger partial charge in [0.15, 0.2) is 0 Å². The summed E-state index contributed by atoms with van der Waals surface area (Å²) in [6.45, 7) is 0.408. The maximum absolute atomic E-state index is 13.3. The third-order valence-corrected chi connectivity index (χ3v) is 2.79. The third kappa shape index (κ3) is 4.30. The SMILES string of the molecule is CNC(=O)CCCNc1cc(F)c(Br)cc1F. The van der Waals surface area contributed by atoms with Gasteiger partial charge >= 0.3 is 0 Å². The number of hydrogen-bond donors (Lipinski definition) is 2. The number of rotatable bonds is 5. The van der Waals surface area contributed by atoms with Crippen LogP contribution in [0.2, 0.25) is 0 Å². The summed E-state index contributed by atoms with van der Waals surface area (Å²) in [7, 11) is 1.56. The number of benzene rings is 1. The van der Waals surface area contributed by atoms with Crippen molar-refractivity contribution in [1.82, 2.24) is 5.32 Å². The van der Waals surface area contributed by atoms with E-state index < -0.39 is 11.6 Å². The zero-order valence-electron chi connectivity index (χ0n) is 9.32. The van der Waals surface area contributed by atoms with Crippen molar-refractivity contribution in [3.8, 4) is 0 Å². The molecule has 2 N–H and O–H groups in total. The summed E-state index contributed by atoms with van der Waals surface area (Å²) in [5, 5.41) is 5.23. The first kappa shape index (κ1) is 13.9. The van der Waals surface area contributed by atoms with E-state index in [0.29, 0.717) is 19.4 Å². The average molecular weight is 307 g/mol. The van der Waals surface area contributed by atoms with Crippen LogP contribution in [-0.4, -0.2) is 19.5 Å². The highest BCUT2D eigenvalue weighted by atomic mass is 79.9. The zero-order valence-corrected chi connectivity index (χ0v) is 10.9. The standard InChI is InChI=1S/C11H13BrF2N2O/c1-15-11(17)3-2-4-16-10-6-8(13)7(12)5-9(10)14/h5-6,16H,2-4H2,1H3,(H,15,17). The second kappa shape index (κ2) is 6.54. The lowest BCUT2D eigenvalue weighted by atomic mass is 10.2. The fourth-order valence-corrected chi connectivity index (χ4v) is 1.57. The van der Waals surface area contributed by atoms with Crippen molar-refractivity contribution in [2.24, 2.45) is 0 Å². The second-order valence-corrected chi connectivity index (χ2v) is 4.30. The summed E-state index contributed by atoms with van der Waals surface area (Å²) in [5.74, 6) is -1.13. The van der Waals surface area contributed by atoms with E-state index in [9.17, 15) is 13.6 Å². The van der Waals surface area contributed by atoms with E-state index in [1.54, 1.807) is 7.05 Å². The Bertz CT molecular complexity index is 413. The number of amides is 1. The number of nitrogens with one attached hydrogen (secondary N) is 2. The van der Waals surface area contributed by atoms with Crippen LogP contribution in [0.1, 0.15) is 12.8 Å². The van der Waals surface area contributed by atoms with Gasteiger partial charge in [-0.15, -0.1) is 0 Å². The van der Waals surface area contributed by atoms with Crippen LogP contribution in [0.5, 0.6) is 0 Å². The second-order valence-electron chi connectivity index (χ2n) is 3.45. The molecule has 6 heteroatoms. The molecule has 0 fully saturated rings. The van der Waals surface area contributed by atoms with Gasteiger partial charge in [0.05, 0.1) is 10.2 Å². The van der Waals surface area contributed by atoms with Crippen LogP contribution in [0.4, 0.5) is 14.5 Å². The van der Waals surface area contributed by atoms with E-state index in [1.807, 2.05) is 0 Å². The van der Waals surface area contributed by atoms with E-state index in [2.05, 4.69) is 26.6 Å². The first-order chi connectivity index (χ1) is 8.04. The number of carbonyl (C=O) groups excluding carboxylic acids is 1. The molecular weight excluding hydrogens is 294 g/mol. The molecule has 0 aliphatic heterocycles. The molecule has 1 aromatic rings. The first-order valence-corrected chi connectivity index (χ1v) is 5.93. The van der Waals surface area contributed by atoms with Crippen molar-refractivity contribution in [1.29, 1.82) is 0 Å². The van der Waals surface area contributed by atoms with E-state index in [0.717, 1.165) is 12.1 Å². The minimum absolute atomic E-state index is 0.0748. The minimum atomic E-state index is -0.529. The molecule has 1 aromatic carbocycles. The number of hydrogen-bond acceptors (Lipinski definition) is 2. The lowest BCUT2D eigenvalue weighted by Crippen LogP contribution is -2.18. The van der Waals surface area contributed by atoms with Crippen LogP contribution >= 0.6 is 15.9 Å². The fourth-order valence-electron chi connectivity index (χ4n) is 1.26. The number of anilines is 1. The van der Waals surface area contributed by atoms with Gasteiger partial charge in [0, 0.05) is 26.1 Å². The van der Waals surface area contributed by atoms with Crippen molar-refractivity contribution in [2.75, 3.05) is 18.9 Å². The molecule has 0 bridgehead atoms. The van der Waals surface area contributed by atoms with Gasteiger partial charge < -0.3 is 10.6 Å². The molecule has 0 saturated carbocycles. The molecule has 0 radical (unpaired) electrons. The third-order valence-electron chi connectivity index (χ3n) is 2.18. The predicted octanol–water partition coefficient (Wildman–Crippen LogP) is 2.67. The molecule has 3 nitrogen and oxygen atoms in total. The lowest BCUT2D eigenvalue weighted by Gasteiger charge is -2.08. The maximum atomic E-state index is 13.3. The van der Waals surface area contributed by atoms with Crippen molar-refractivity contribution in [3.05, 3.63) is 28.2 Å². The molecule has 0 aromatic heterocycles. The molecule has 0 aliphatic carbocycles. The Morgan fingerprint density at radius 1 is 1.35 bits per heavy atom. The van der Waals surface area contributed by atoms with E-state index in [-0.39, 0.29) is 16.1 Å². The van der Waals surface area contributed by atoms with Gasteiger partial charge in [-0.3, -0.25) is 4.79 Å². The van der Waals surface area contributed by atoms with Crippen LogP contribution in [0, 0.1) is 11.6 Å². The Morgan fingerprint density at radius 3 is 2.71 bits per heavy atom. The van der Waals surface area contributed by atoms with Crippen LogP contribution in [0.3, 0.4) is 0 Å². The maximum Gasteiger partial charge on any atom is 0.219 e. The van der Waals surface area contributed by atoms with Crippen LogP contribution in [0.25, 0.3) is 0 Å². The monoisotopic (exact) mass is 306 g/mol. The number of carbonyl (C=O) groups is 1. The Morgan fingerprint density at radius 2 is 2.06 bits per heavy atom. The topological polar surface area (TPSA) is 41.1 Å². The van der Waals surface area contributed by atoms with Crippen molar-refractivity contribution < 1.29 is 13.6 Å². The van der Waals surface area contributed by atoms with Gasteiger partial charge in [-0.1, -0.05) is 0 Å². The summed E-state index contributed by atoms with van der Waals surface area (Å²) in [6.07, 6.45) is 0.904. The van der Waals surface area contributed by atoms with Gasteiger partial charge in [0.25, 0.3) is 0 Å². The Labute approximate surface area is 107 Å². The molecule has 0 unspecified atom stereocenters. The van der Waals surface area contributed by atoms with Crippen LogP contribution < -0.4 is 10.6 Å². The quantitative estimate of drug-likeness (QED) is 0.648. The molecule has 1 amide bonds. The highest BCUT2D eigenvalue weighted by Gasteiger charge is 2.07. The molecule has 0 heterocycles. The molecule has 1 rings (SSSR count). The fraction of sp³-hybridized carbons (Fsp3) is 0.364. The van der Waals surface area contributed by atoms with E-state index in [1.165, 1.54) is 0 Å². The number of halogens is 3. The van der Waals surface area contributed by atoms with Crippen molar-refractivity contribution >= 4 is 27.5 Å². The smallest absolute Gasteiger partial charge is 0.219 e. The first-order valence-electron chi connectivity index (χ1n) is 5.13.